The minimum atomic E-state index is -0.288. The van der Waals surface area contributed by atoms with Crippen LogP contribution in [0.3, 0.4) is 0 Å². The number of carbonyl (C=O) groups excluding carboxylic acids is 1. The molecule has 1 aromatic heterocycles. The first-order valence-corrected chi connectivity index (χ1v) is 9.00. The highest BCUT2D eigenvalue weighted by Gasteiger charge is 2.22. The van der Waals surface area contributed by atoms with Gasteiger partial charge in [0.2, 0.25) is 0 Å². The third kappa shape index (κ3) is 5.22. The number of carbonyl (C=O) groups is 1. The number of terminal acetylenes is 1. The van der Waals surface area contributed by atoms with Crippen molar-refractivity contribution in [2.75, 3.05) is 23.3 Å². The Kier molecular flexibility index (Phi) is 5.94. The number of urea groups is 1. The standard InChI is InChI=1S/C21H24N4O2/c1-4-17-6-5-7-19(10-17)24-21(26)23-12-18-8-9-20(22-11-18)25-13-15(2)27-16(3)14-25/h1,5-11,15-16H,12-14H2,2-3H3,(H2,23,24,26). The van der Waals surface area contributed by atoms with E-state index in [1.54, 1.807) is 24.4 Å². The fourth-order valence-electron chi connectivity index (χ4n) is 3.12. The van der Waals surface area contributed by atoms with Crippen LogP contribution in [-0.4, -0.2) is 36.3 Å². The van der Waals surface area contributed by atoms with Gasteiger partial charge < -0.3 is 20.3 Å². The molecule has 140 valence electrons. The van der Waals surface area contributed by atoms with Gasteiger partial charge in [0, 0.05) is 37.1 Å². The van der Waals surface area contributed by atoms with Crippen molar-refractivity contribution in [1.82, 2.24) is 10.3 Å². The summed E-state index contributed by atoms with van der Waals surface area (Å²) >= 11 is 0. The molecule has 2 unspecified atom stereocenters. The van der Waals surface area contributed by atoms with Crippen LogP contribution in [0.4, 0.5) is 16.3 Å². The highest BCUT2D eigenvalue weighted by molar-refractivity contribution is 5.89. The summed E-state index contributed by atoms with van der Waals surface area (Å²) in [6.07, 6.45) is 7.54. The predicted molar refractivity (Wildman–Crippen MR) is 107 cm³/mol. The zero-order valence-electron chi connectivity index (χ0n) is 15.6. The fourth-order valence-corrected chi connectivity index (χ4v) is 3.12. The number of rotatable bonds is 4. The first-order valence-electron chi connectivity index (χ1n) is 9.00. The lowest BCUT2D eigenvalue weighted by atomic mass is 10.2. The number of hydrogen-bond acceptors (Lipinski definition) is 4. The summed E-state index contributed by atoms with van der Waals surface area (Å²) in [5, 5.41) is 5.59. The highest BCUT2D eigenvalue weighted by atomic mass is 16.5. The largest absolute Gasteiger partial charge is 0.372 e. The van der Waals surface area contributed by atoms with Gasteiger partial charge in [-0.25, -0.2) is 9.78 Å². The van der Waals surface area contributed by atoms with E-state index in [1.807, 2.05) is 18.2 Å². The number of aromatic nitrogens is 1. The van der Waals surface area contributed by atoms with Crippen LogP contribution in [-0.2, 0) is 11.3 Å². The zero-order valence-corrected chi connectivity index (χ0v) is 15.6. The Balaban J connectivity index is 1.52. The third-order valence-electron chi connectivity index (χ3n) is 4.29. The van der Waals surface area contributed by atoms with E-state index in [1.165, 1.54) is 0 Å². The van der Waals surface area contributed by atoms with Crippen molar-refractivity contribution in [3.63, 3.8) is 0 Å². The van der Waals surface area contributed by atoms with Crippen molar-refractivity contribution in [3.05, 3.63) is 53.7 Å². The molecule has 6 nitrogen and oxygen atoms in total. The molecule has 1 aliphatic heterocycles. The summed E-state index contributed by atoms with van der Waals surface area (Å²) in [5.41, 5.74) is 2.31. The number of benzene rings is 1. The van der Waals surface area contributed by atoms with Gasteiger partial charge in [0.05, 0.1) is 12.2 Å². The maximum absolute atomic E-state index is 12.1. The Morgan fingerprint density at radius 3 is 2.74 bits per heavy atom. The van der Waals surface area contributed by atoms with E-state index in [4.69, 9.17) is 11.2 Å². The highest BCUT2D eigenvalue weighted by Crippen LogP contribution is 2.18. The molecular formula is C21H24N4O2. The molecule has 0 aliphatic carbocycles. The topological polar surface area (TPSA) is 66.5 Å². The molecule has 2 aromatic rings. The van der Waals surface area contributed by atoms with Crippen LogP contribution >= 0.6 is 0 Å². The van der Waals surface area contributed by atoms with Crippen molar-refractivity contribution < 1.29 is 9.53 Å². The lowest BCUT2D eigenvalue weighted by Crippen LogP contribution is -2.45. The molecule has 3 rings (SSSR count). The molecule has 6 heteroatoms. The van der Waals surface area contributed by atoms with Crippen molar-refractivity contribution in [2.24, 2.45) is 0 Å². The Bertz CT molecular complexity index is 819. The van der Waals surface area contributed by atoms with Gasteiger partial charge in [-0.3, -0.25) is 0 Å². The van der Waals surface area contributed by atoms with E-state index >= 15 is 0 Å². The summed E-state index contributed by atoms with van der Waals surface area (Å²) in [6, 6.07) is 10.8. The van der Waals surface area contributed by atoms with Crippen LogP contribution in [0.2, 0.25) is 0 Å². The number of ether oxygens (including phenoxy) is 1. The van der Waals surface area contributed by atoms with Gasteiger partial charge >= 0.3 is 6.03 Å². The minimum absolute atomic E-state index is 0.188. The maximum atomic E-state index is 12.1. The van der Waals surface area contributed by atoms with Gasteiger partial charge in [-0.15, -0.1) is 6.42 Å². The number of nitrogens with one attached hydrogen (secondary N) is 2. The Morgan fingerprint density at radius 2 is 2.07 bits per heavy atom. The van der Waals surface area contributed by atoms with E-state index in [2.05, 4.69) is 40.3 Å². The molecule has 1 aliphatic rings. The average molecular weight is 364 g/mol. The van der Waals surface area contributed by atoms with Crippen molar-refractivity contribution >= 4 is 17.5 Å². The number of nitrogens with zero attached hydrogens (tertiary/aromatic N) is 2. The summed E-state index contributed by atoms with van der Waals surface area (Å²) in [6.45, 7) is 6.18. The number of hydrogen-bond donors (Lipinski definition) is 2. The minimum Gasteiger partial charge on any atom is -0.372 e. The number of amides is 2. The molecule has 1 fully saturated rings. The smallest absolute Gasteiger partial charge is 0.319 e. The molecule has 2 N–H and O–H groups in total. The van der Waals surface area contributed by atoms with E-state index in [9.17, 15) is 4.79 Å². The van der Waals surface area contributed by atoms with Gasteiger partial charge in [0.25, 0.3) is 0 Å². The lowest BCUT2D eigenvalue weighted by molar-refractivity contribution is -0.00546. The molecule has 27 heavy (non-hydrogen) atoms. The zero-order chi connectivity index (χ0) is 19.2. The van der Waals surface area contributed by atoms with Crippen LogP contribution in [0.15, 0.2) is 42.6 Å². The van der Waals surface area contributed by atoms with Gasteiger partial charge in [0.15, 0.2) is 0 Å². The molecule has 0 bridgehead atoms. The molecule has 0 radical (unpaired) electrons. The molecule has 2 heterocycles. The summed E-state index contributed by atoms with van der Waals surface area (Å²) in [7, 11) is 0. The Hall–Kier alpha value is -3.04. The van der Waals surface area contributed by atoms with Crippen molar-refractivity contribution in [2.45, 2.75) is 32.6 Å². The molecule has 1 saturated heterocycles. The van der Waals surface area contributed by atoms with Crippen molar-refractivity contribution in [3.8, 4) is 12.3 Å². The number of anilines is 2. The first-order chi connectivity index (χ1) is 13.0. The molecule has 0 spiro atoms. The molecule has 2 amide bonds. The second-order valence-corrected chi connectivity index (χ2v) is 6.72. The summed E-state index contributed by atoms with van der Waals surface area (Å²) in [5.74, 6) is 3.47. The van der Waals surface area contributed by atoms with Crippen LogP contribution in [0.5, 0.6) is 0 Å². The second kappa shape index (κ2) is 8.56. The monoisotopic (exact) mass is 364 g/mol. The van der Waals surface area contributed by atoms with Crippen LogP contribution in [0, 0.1) is 12.3 Å². The quantitative estimate of drug-likeness (QED) is 0.819. The van der Waals surface area contributed by atoms with Gasteiger partial charge in [-0.2, -0.15) is 0 Å². The Morgan fingerprint density at radius 1 is 1.30 bits per heavy atom. The van der Waals surface area contributed by atoms with Crippen molar-refractivity contribution in [1.29, 1.82) is 0 Å². The van der Waals surface area contributed by atoms with Crippen LogP contribution < -0.4 is 15.5 Å². The third-order valence-corrected chi connectivity index (χ3v) is 4.29. The number of morpholine rings is 1. The lowest BCUT2D eigenvalue weighted by Gasteiger charge is -2.36. The van der Waals surface area contributed by atoms with Gasteiger partial charge in [-0.05, 0) is 43.7 Å². The Labute approximate surface area is 159 Å². The van der Waals surface area contributed by atoms with Gasteiger partial charge in [0.1, 0.15) is 5.82 Å². The van der Waals surface area contributed by atoms with Gasteiger partial charge in [-0.1, -0.05) is 18.1 Å². The van der Waals surface area contributed by atoms with Crippen LogP contribution in [0.25, 0.3) is 0 Å². The summed E-state index contributed by atoms with van der Waals surface area (Å²) < 4.78 is 5.76. The van der Waals surface area contributed by atoms with E-state index in [-0.39, 0.29) is 18.2 Å². The maximum Gasteiger partial charge on any atom is 0.319 e. The summed E-state index contributed by atoms with van der Waals surface area (Å²) in [4.78, 5) is 18.8. The predicted octanol–water partition coefficient (Wildman–Crippen LogP) is 3.00. The normalized spacial score (nSPS) is 19.2. The van der Waals surface area contributed by atoms with E-state index in [0.717, 1.165) is 30.0 Å². The number of pyridine rings is 1. The SMILES string of the molecule is C#Cc1cccc(NC(=O)NCc2ccc(N3CC(C)OC(C)C3)nc2)c1. The van der Waals surface area contributed by atoms with Crippen LogP contribution in [0.1, 0.15) is 25.0 Å². The molecule has 1 aromatic carbocycles. The molecule has 0 saturated carbocycles. The average Bonchev–Trinajstić information content (AvgIpc) is 2.66. The fraction of sp³-hybridized carbons (Fsp3) is 0.333. The second-order valence-electron chi connectivity index (χ2n) is 6.72. The first kappa shape index (κ1) is 18.7. The van der Waals surface area contributed by atoms with E-state index in [0.29, 0.717) is 12.2 Å². The van der Waals surface area contributed by atoms with E-state index < -0.39 is 0 Å². The molecule has 2 atom stereocenters. The molecular weight excluding hydrogens is 340 g/mol.